The average Bonchev–Trinajstić information content (AvgIpc) is 3.20. The fourth-order valence-corrected chi connectivity index (χ4v) is 5.51. The maximum atomic E-state index is 13.5. The molecule has 1 aromatic heterocycles. The van der Waals surface area contributed by atoms with E-state index in [1.54, 1.807) is 36.6 Å². The molecule has 31 heavy (non-hydrogen) atoms. The third-order valence-corrected chi connectivity index (χ3v) is 7.58. The number of rotatable bonds is 8. The molecule has 1 saturated heterocycles. The first-order valence-corrected chi connectivity index (χ1v) is 12.2. The predicted octanol–water partition coefficient (Wildman–Crippen LogP) is 2.47. The lowest BCUT2D eigenvalue weighted by Gasteiger charge is -2.28. The summed E-state index contributed by atoms with van der Waals surface area (Å²) in [6.07, 6.45) is 4.10. The minimum Gasteiger partial charge on any atom is -0.468 e. The van der Waals surface area contributed by atoms with Crippen molar-refractivity contribution in [3.63, 3.8) is 0 Å². The van der Waals surface area contributed by atoms with E-state index < -0.39 is 10.0 Å². The second-order valence-electron chi connectivity index (χ2n) is 7.95. The lowest BCUT2D eigenvalue weighted by molar-refractivity contribution is -0.116. The average molecular weight is 448 g/mol. The van der Waals surface area contributed by atoms with Crippen LogP contribution in [0.4, 0.5) is 5.69 Å². The third kappa shape index (κ3) is 5.54. The number of fused-ring (bicyclic) bond motifs is 1. The van der Waals surface area contributed by atoms with Gasteiger partial charge in [0, 0.05) is 31.7 Å². The molecule has 3 heterocycles. The van der Waals surface area contributed by atoms with Crippen molar-refractivity contribution < 1.29 is 22.4 Å². The van der Waals surface area contributed by atoms with E-state index in [2.05, 4.69) is 10.2 Å². The first-order valence-electron chi connectivity index (χ1n) is 10.8. The highest BCUT2D eigenvalue weighted by atomic mass is 32.2. The van der Waals surface area contributed by atoms with Gasteiger partial charge in [0.15, 0.2) is 0 Å². The number of carbonyl (C=O) groups is 1. The monoisotopic (exact) mass is 447 g/mol. The third-order valence-electron chi connectivity index (χ3n) is 5.74. The Bertz CT molecular complexity index is 985. The molecule has 1 amide bonds. The molecule has 0 atom stereocenters. The molecule has 0 saturated carbocycles. The number of sulfonamides is 1. The van der Waals surface area contributed by atoms with Crippen molar-refractivity contribution in [1.82, 2.24) is 9.21 Å². The molecule has 0 radical (unpaired) electrons. The molecule has 2 aliphatic heterocycles. The fourth-order valence-electron chi connectivity index (χ4n) is 4.02. The van der Waals surface area contributed by atoms with Gasteiger partial charge in [-0.2, -0.15) is 4.31 Å². The smallest absolute Gasteiger partial charge is 0.243 e. The number of benzene rings is 1. The summed E-state index contributed by atoms with van der Waals surface area (Å²) in [7, 11) is -3.72. The van der Waals surface area contributed by atoms with E-state index in [1.165, 1.54) is 4.31 Å². The van der Waals surface area contributed by atoms with Crippen LogP contribution in [0, 0.1) is 0 Å². The molecule has 1 aromatic carbocycles. The Labute approximate surface area is 183 Å². The first kappa shape index (κ1) is 22.0. The van der Waals surface area contributed by atoms with Gasteiger partial charge in [-0.15, -0.1) is 0 Å². The van der Waals surface area contributed by atoms with Gasteiger partial charge in [-0.3, -0.25) is 9.69 Å². The maximum Gasteiger partial charge on any atom is 0.243 e. The Balaban J connectivity index is 1.52. The number of ether oxygens (including phenoxy) is 1. The van der Waals surface area contributed by atoms with E-state index in [1.807, 2.05) is 0 Å². The van der Waals surface area contributed by atoms with E-state index in [0.29, 0.717) is 37.3 Å². The van der Waals surface area contributed by atoms with E-state index in [-0.39, 0.29) is 17.3 Å². The van der Waals surface area contributed by atoms with Crippen LogP contribution < -0.4 is 5.32 Å². The second-order valence-corrected chi connectivity index (χ2v) is 9.88. The van der Waals surface area contributed by atoms with Gasteiger partial charge in [0.1, 0.15) is 5.76 Å². The molecule has 2 aromatic rings. The summed E-state index contributed by atoms with van der Waals surface area (Å²) in [6.45, 7) is 4.60. The number of furan rings is 1. The highest BCUT2D eigenvalue weighted by molar-refractivity contribution is 7.89. The molecule has 0 aliphatic carbocycles. The van der Waals surface area contributed by atoms with Gasteiger partial charge in [-0.05, 0) is 61.7 Å². The van der Waals surface area contributed by atoms with E-state index in [0.717, 1.165) is 44.8 Å². The van der Waals surface area contributed by atoms with Crippen LogP contribution >= 0.6 is 0 Å². The zero-order valence-electron chi connectivity index (χ0n) is 17.6. The molecule has 2 aliphatic rings. The van der Waals surface area contributed by atoms with Crippen LogP contribution in [-0.4, -0.2) is 62.9 Å². The molecule has 1 fully saturated rings. The largest absolute Gasteiger partial charge is 0.468 e. The van der Waals surface area contributed by atoms with Crippen molar-refractivity contribution in [3.8, 4) is 0 Å². The van der Waals surface area contributed by atoms with Crippen LogP contribution in [0.1, 0.15) is 30.6 Å². The van der Waals surface area contributed by atoms with Crippen LogP contribution in [0.3, 0.4) is 0 Å². The van der Waals surface area contributed by atoms with Gasteiger partial charge in [0.2, 0.25) is 15.9 Å². The molecule has 8 nitrogen and oxygen atoms in total. The number of nitrogens with zero attached hydrogens (tertiary/aromatic N) is 2. The summed E-state index contributed by atoms with van der Waals surface area (Å²) >= 11 is 0. The molecule has 9 heteroatoms. The number of hydrogen-bond acceptors (Lipinski definition) is 6. The number of amides is 1. The molecular formula is C22H29N3O5S. The Kier molecular flexibility index (Phi) is 7.06. The van der Waals surface area contributed by atoms with Crippen LogP contribution in [0.25, 0.3) is 0 Å². The highest BCUT2D eigenvalue weighted by Crippen LogP contribution is 2.27. The van der Waals surface area contributed by atoms with Gasteiger partial charge in [-0.25, -0.2) is 8.42 Å². The van der Waals surface area contributed by atoms with Gasteiger partial charge in [-0.1, -0.05) is 0 Å². The van der Waals surface area contributed by atoms with E-state index in [9.17, 15) is 13.2 Å². The minimum atomic E-state index is -3.72. The molecule has 168 valence electrons. The summed E-state index contributed by atoms with van der Waals surface area (Å²) in [5, 5.41) is 2.86. The van der Waals surface area contributed by atoms with Crippen LogP contribution in [0.2, 0.25) is 0 Å². The van der Waals surface area contributed by atoms with Crippen LogP contribution in [-0.2, 0) is 32.5 Å². The van der Waals surface area contributed by atoms with E-state index in [4.69, 9.17) is 9.15 Å². The van der Waals surface area contributed by atoms with Crippen molar-refractivity contribution >= 4 is 21.6 Å². The molecule has 0 unspecified atom stereocenters. The van der Waals surface area contributed by atoms with Crippen molar-refractivity contribution in [3.05, 3.63) is 47.9 Å². The minimum absolute atomic E-state index is 0.0306. The number of hydrogen-bond donors (Lipinski definition) is 1. The summed E-state index contributed by atoms with van der Waals surface area (Å²) in [5.74, 6) is 0.578. The Morgan fingerprint density at radius 2 is 1.97 bits per heavy atom. The quantitative estimate of drug-likeness (QED) is 0.668. The summed E-state index contributed by atoms with van der Waals surface area (Å²) in [5.41, 5.74) is 1.56. The van der Waals surface area contributed by atoms with Crippen molar-refractivity contribution in [1.29, 1.82) is 0 Å². The van der Waals surface area contributed by atoms with Gasteiger partial charge >= 0.3 is 0 Å². The fraction of sp³-hybridized carbons (Fsp3) is 0.500. The standard InChI is InChI=1S/C22H29N3O5S/c26-22-6-1-4-18-16-20(7-8-21(18)23-22)31(27,28)25(17-19-5-2-13-30-19)10-3-9-24-11-14-29-15-12-24/h2,5,7-8,13,16H,1,3-4,6,9-12,14-15,17H2,(H,23,26). The molecule has 0 bridgehead atoms. The number of nitrogens with one attached hydrogen (secondary N) is 1. The topological polar surface area (TPSA) is 92.1 Å². The SMILES string of the molecule is O=C1CCCc2cc(S(=O)(=O)N(CCCN3CCOCC3)Cc3ccco3)ccc2N1. The van der Waals surface area contributed by atoms with Gasteiger partial charge < -0.3 is 14.5 Å². The zero-order chi connectivity index (χ0) is 21.7. The lowest BCUT2D eigenvalue weighted by atomic mass is 10.1. The maximum absolute atomic E-state index is 13.5. The normalized spacial score (nSPS) is 17.9. The number of morpholine rings is 1. The van der Waals surface area contributed by atoms with Gasteiger partial charge in [0.25, 0.3) is 0 Å². The first-order chi connectivity index (χ1) is 15.0. The Morgan fingerprint density at radius 1 is 1.13 bits per heavy atom. The summed E-state index contributed by atoms with van der Waals surface area (Å²) in [4.78, 5) is 14.4. The van der Waals surface area contributed by atoms with Gasteiger partial charge in [0.05, 0.1) is 30.9 Å². The van der Waals surface area contributed by atoms with E-state index >= 15 is 0 Å². The van der Waals surface area contributed by atoms with Crippen molar-refractivity contribution in [2.24, 2.45) is 0 Å². The molecule has 4 rings (SSSR count). The number of aryl methyl sites for hydroxylation is 1. The van der Waals surface area contributed by atoms with Crippen LogP contribution in [0.15, 0.2) is 45.9 Å². The summed E-state index contributed by atoms with van der Waals surface area (Å²) in [6, 6.07) is 8.53. The van der Waals surface area contributed by atoms with Crippen LogP contribution in [0.5, 0.6) is 0 Å². The molecule has 0 spiro atoms. The lowest BCUT2D eigenvalue weighted by Crippen LogP contribution is -2.39. The zero-order valence-corrected chi connectivity index (χ0v) is 18.4. The summed E-state index contributed by atoms with van der Waals surface area (Å²) < 4.78 is 39.4. The van der Waals surface area contributed by atoms with Crippen molar-refractivity contribution in [2.45, 2.75) is 37.1 Å². The Hall–Kier alpha value is -2.20. The Morgan fingerprint density at radius 3 is 2.74 bits per heavy atom. The number of carbonyl (C=O) groups excluding carboxylic acids is 1. The molecule has 1 N–H and O–H groups in total. The predicted molar refractivity (Wildman–Crippen MR) is 116 cm³/mol. The number of anilines is 1. The van der Waals surface area contributed by atoms with Crippen molar-refractivity contribution in [2.75, 3.05) is 44.7 Å². The highest BCUT2D eigenvalue weighted by Gasteiger charge is 2.27. The second kappa shape index (κ2) is 9.95. The molecular weight excluding hydrogens is 418 g/mol.